The lowest BCUT2D eigenvalue weighted by Crippen LogP contribution is -2.32. The normalized spacial score (nSPS) is 10.6. The Morgan fingerprint density at radius 1 is 1.07 bits per heavy atom. The van der Waals surface area contributed by atoms with Gasteiger partial charge in [0.15, 0.2) is 0 Å². The van der Waals surface area contributed by atoms with E-state index >= 15 is 0 Å². The molecule has 0 heterocycles. The zero-order valence-electron chi connectivity index (χ0n) is 16.5. The van der Waals surface area contributed by atoms with Gasteiger partial charge in [0.25, 0.3) is 0 Å². The van der Waals surface area contributed by atoms with Crippen LogP contribution >= 0.6 is 0 Å². The van der Waals surface area contributed by atoms with Gasteiger partial charge in [0, 0.05) is 25.6 Å². The van der Waals surface area contributed by atoms with Gasteiger partial charge < -0.3 is 15.0 Å². The van der Waals surface area contributed by atoms with E-state index in [1.165, 1.54) is 6.92 Å². The summed E-state index contributed by atoms with van der Waals surface area (Å²) in [5.41, 5.74) is 2.60. The van der Waals surface area contributed by atoms with Crippen molar-refractivity contribution in [2.75, 3.05) is 23.4 Å². The van der Waals surface area contributed by atoms with Crippen molar-refractivity contribution in [2.45, 2.75) is 40.0 Å². The third-order valence-corrected chi connectivity index (χ3v) is 4.26. The van der Waals surface area contributed by atoms with Crippen molar-refractivity contribution in [3.63, 3.8) is 0 Å². The van der Waals surface area contributed by atoms with Crippen molar-refractivity contribution in [1.29, 1.82) is 0 Å². The molecule has 0 aromatic heterocycles. The molecule has 0 aliphatic carbocycles. The molecule has 2 rings (SSSR count). The number of nitrogens with one attached hydrogen (secondary N) is 1. The number of ether oxygens (including phenoxy) is 1. The van der Waals surface area contributed by atoms with Gasteiger partial charge in [-0.2, -0.15) is 0 Å². The van der Waals surface area contributed by atoms with E-state index in [0.29, 0.717) is 24.0 Å². The van der Waals surface area contributed by atoms with E-state index in [4.69, 9.17) is 4.74 Å². The summed E-state index contributed by atoms with van der Waals surface area (Å²) < 4.78 is 5.62. The zero-order valence-corrected chi connectivity index (χ0v) is 16.5. The number of amides is 2. The third-order valence-electron chi connectivity index (χ3n) is 4.26. The largest absolute Gasteiger partial charge is 0.492 e. The fourth-order valence-corrected chi connectivity index (χ4v) is 2.95. The number of nitrogens with zero attached hydrogens (tertiary/aromatic N) is 1. The highest BCUT2D eigenvalue weighted by atomic mass is 16.5. The van der Waals surface area contributed by atoms with E-state index in [1.54, 1.807) is 4.90 Å². The molecule has 5 nitrogen and oxygen atoms in total. The fourth-order valence-electron chi connectivity index (χ4n) is 2.95. The molecule has 0 saturated heterocycles. The number of para-hydroxylation sites is 3. The first kappa shape index (κ1) is 20.5. The maximum Gasteiger partial charge on any atom is 0.226 e. The van der Waals surface area contributed by atoms with Crippen LogP contribution in [-0.2, 0) is 9.59 Å². The molecule has 0 radical (unpaired) electrons. The molecule has 0 fully saturated rings. The Hall–Kier alpha value is -2.82. The molecule has 2 aromatic rings. The predicted molar refractivity (Wildman–Crippen MR) is 109 cm³/mol. The topological polar surface area (TPSA) is 58.6 Å². The van der Waals surface area contributed by atoms with Crippen molar-refractivity contribution in [3.05, 3.63) is 54.1 Å². The van der Waals surface area contributed by atoms with E-state index in [2.05, 4.69) is 19.2 Å². The minimum atomic E-state index is -0.127. The van der Waals surface area contributed by atoms with Crippen LogP contribution in [0.4, 0.5) is 11.4 Å². The number of benzene rings is 2. The minimum absolute atomic E-state index is 0.122. The Labute approximate surface area is 161 Å². The number of hydrogen-bond donors (Lipinski definition) is 1. The molecule has 1 N–H and O–H groups in total. The van der Waals surface area contributed by atoms with Gasteiger partial charge in [-0.15, -0.1) is 0 Å². The van der Waals surface area contributed by atoms with Gasteiger partial charge >= 0.3 is 0 Å². The average Bonchev–Trinajstić information content (AvgIpc) is 2.63. The Morgan fingerprint density at radius 2 is 1.74 bits per heavy atom. The predicted octanol–water partition coefficient (Wildman–Crippen LogP) is 4.59. The number of rotatable bonds is 8. The first-order chi connectivity index (χ1) is 12.9. The van der Waals surface area contributed by atoms with Gasteiger partial charge in [0.05, 0.1) is 12.3 Å². The maximum atomic E-state index is 12.5. The van der Waals surface area contributed by atoms with E-state index in [9.17, 15) is 9.59 Å². The van der Waals surface area contributed by atoms with E-state index in [1.807, 2.05) is 55.5 Å². The first-order valence-corrected chi connectivity index (χ1v) is 9.32. The van der Waals surface area contributed by atoms with Gasteiger partial charge in [0.1, 0.15) is 5.75 Å². The number of hydrogen-bond acceptors (Lipinski definition) is 3. The fraction of sp³-hybridized carbons (Fsp3) is 0.364. The van der Waals surface area contributed by atoms with Crippen LogP contribution in [0.3, 0.4) is 0 Å². The third kappa shape index (κ3) is 5.58. The summed E-state index contributed by atoms with van der Waals surface area (Å²) in [5, 5.41) is 2.97. The lowest BCUT2D eigenvalue weighted by molar-refractivity contribution is -0.117. The lowest BCUT2D eigenvalue weighted by atomic mass is 10.0. The number of anilines is 2. The van der Waals surface area contributed by atoms with Crippen LogP contribution in [0.15, 0.2) is 48.5 Å². The van der Waals surface area contributed by atoms with Crippen molar-refractivity contribution in [1.82, 2.24) is 0 Å². The summed E-state index contributed by atoms with van der Waals surface area (Å²) in [5.74, 6) is 0.704. The zero-order chi connectivity index (χ0) is 19.8. The SMILES string of the molecule is CCOc1ccccc1N(CCC(=O)Nc1ccccc1C(C)C)C(C)=O. The standard InChI is InChI=1S/C22H28N2O3/c1-5-27-21-13-9-8-12-20(21)24(17(4)25)15-14-22(26)23-19-11-7-6-10-18(19)16(2)3/h6-13,16H,5,14-15H2,1-4H3,(H,23,26). The molecular weight excluding hydrogens is 340 g/mol. The van der Waals surface area contributed by atoms with Crippen LogP contribution in [0.5, 0.6) is 5.75 Å². The molecule has 0 spiro atoms. The van der Waals surface area contributed by atoms with E-state index in [-0.39, 0.29) is 24.8 Å². The molecule has 0 bridgehead atoms. The smallest absolute Gasteiger partial charge is 0.226 e. The Balaban J connectivity index is 2.09. The molecule has 0 saturated carbocycles. The highest BCUT2D eigenvalue weighted by Gasteiger charge is 2.18. The average molecular weight is 368 g/mol. The van der Waals surface area contributed by atoms with E-state index in [0.717, 1.165) is 11.3 Å². The van der Waals surface area contributed by atoms with Crippen molar-refractivity contribution in [2.24, 2.45) is 0 Å². The highest BCUT2D eigenvalue weighted by molar-refractivity contribution is 5.96. The first-order valence-electron chi connectivity index (χ1n) is 9.32. The molecular formula is C22H28N2O3. The summed E-state index contributed by atoms with van der Waals surface area (Å²) in [7, 11) is 0. The molecule has 144 valence electrons. The Morgan fingerprint density at radius 3 is 2.41 bits per heavy atom. The van der Waals surface area contributed by atoms with Gasteiger partial charge in [-0.3, -0.25) is 9.59 Å². The monoisotopic (exact) mass is 368 g/mol. The molecule has 0 atom stereocenters. The van der Waals surface area contributed by atoms with Crippen LogP contribution in [0.25, 0.3) is 0 Å². The summed E-state index contributed by atoms with van der Waals surface area (Å²) in [4.78, 5) is 26.2. The maximum absolute atomic E-state index is 12.5. The van der Waals surface area contributed by atoms with Gasteiger partial charge in [0.2, 0.25) is 11.8 Å². The van der Waals surface area contributed by atoms with Crippen LogP contribution in [0.2, 0.25) is 0 Å². The molecule has 27 heavy (non-hydrogen) atoms. The molecule has 2 aromatic carbocycles. The number of carbonyl (C=O) groups excluding carboxylic acids is 2. The quantitative estimate of drug-likeness (QED) is 0.741. The van der Waals surface area contributed by atoms with Gasteiger partial charge in [-0.05, 0) is 36.6 Å². The van der Waals surface area contributed by atoms with Crippen LogP contribution in [0.1, 0.15) is 45.6 Å². The lowest BCUT2D eigenvalue weighted by Gasteiger charge is -2.23. The minimum Gasteiger partial charge on any atom is -0.492 e. The van der Waals surface area contributed by atoms with Crippen LogP contribution in [-0.4, -0.2) is 25.0 Å². The second-order valence-electron chi connectivity index (χ2n) is 6.61. The summed E-state index contributed by atoms with van der Waals surface area (Å²) >= 11 is 0. The summed E-state index contributed by atoms with van der Waals surface area (Å²) in [6, 6.07) is 15.2. The molecule has 0 aliphatic heterocycles. The molecule has 0 aliphatic rings. The van der Waals surface area contributed by atoms with Crippen LogP contribution < -0.4 is 15.0 Å². The van der Waals surface area contributed by atoms with Gasteiger partial charge in [-0.25, -0.2) is 0 Å². The Kier molecular flexibility index (Phi) is 7.41. The van der Waals surface area contributed by atoms with Gasteiger partial charge in [-0.1, -0.05) is 44.2 Å². The second kappa shape index (κ2) is 9.76. The molecule has 5 heteroatoms. The van der Waals surface area contributed by atoms with Crippen LogP contribution in [0, 0.1) is 0 Å². The van der Waals surface area contributed by atoms with Crippen molar-refractivity contribution >= 4 is 23.2 Å². The molecule has 0 unspecified atom stereocenters. The van der Waals surface area contributed by atoms with Crippen molar-refractivity contribution < 1.29 is 14.3 Å². The molecule has 2 amide bonds. The second-order valence-corrected chi connectivity index (χ2v) is 6.61. The highest BCUT2D eigenvalue weighted by Crippen LogP contribution is 2.28. The Bertz CT molecular complexity index is 787. The summed E-state index contributed by atoms with van der Waals surface area (Å²) in [6.07, 6.45) is 0.201. The van der Waals surface area contributed by atoms with E-state index < -0.39 is 0 Å². The summed E-state index contributed by atoms with van der Waals surface area (Å²) in [6.45, 7) is 8.37. The number of carbonyl (C=O) groups is 2. The van der Waals surface area contributed by atoms with Crippen molar-refractivity contribution in [3.8, 4) is 5.75 Å².